The van der Waals surface area contributed by atoms with E-state index in [1.165, 1.54) is 80.2 Å². The molecule has 10 rings (SSSR count). The molecule has 3 saturated carbocycles. The van der Waals surface area contributed by atoms with E-state index in [4.69, 9.17) is 4.74 Å². The number of anilines is 3. The van der Waals surface area contributed by atoms with Crippen molar-refractivity contribution in [3.8, 4) is 22.6 Å². The molecule has 3 heteroatoms. The topological polar surface area (TPSA) is 12.5 Å². The number of para-hydroxylation sites is 2. The van der Waals surface area contributed by atoms with Crippen molar-refractivity contribution in [2.75, 3.05) is 4.90 Å². The first-order chi connectivity index (χ1) is 24.7. The summed E-state index contributed by atoms with van der Waals surface area (Å²) in [5.41, 5.74) is 8.58. The van der Waals surface area contributed by atoms with Gasteiger partial charge in [-0.3, -0.25) is 0 Å². The summed E-state index contributed by atoms with van der Waals surface area (Å²) >= 11 is 1.89. The quantitative estimate of drug-likeness (QED) is 0.168. The highest BCUT2D eigenvalue weighted by molar-refractivity contribution is 7.26. The molecule has 5 atom stereocenters. The zero-order valence-electron chi connectivity index (χ0n) is 28.5. The van der Waals surface area contributed by atoms with Crippen LogP contribution in [0.2, 0.25) is 0 Å². The maximum atomic E-state index is 6.85. The van der Waals surface area contributed by atoms with E-state index in [1.807, 2.05) is 11.3 Å². The Hall–Kier alpha value is -4.86. The summed E-state index contributed by atoms with van der Waals surface area (Å²) < 4.78 is 9.53. The fraction of sp³-hybridized carbons (Fsp3) is 0.234. The highest BCUT2D eigenvalue weighted by Crippen LogP contribution is 2.61. The first-order valence-corrected chi connectivity index (χ1v) is 19.2. The van der Waals surface area contributed by atoms with E-state index >= 15 is 0 Å². The molecule has 1 aromatic heterocycles. The van der Waals surface area contributed by atoms with Gasteiger partial charge in [-0.25, -0.2) is 0 Å². The molecule has 0 radical (unpaired) electrons. The van der Waals surface area contributed by atoms with Crippen LogP contribution in [0.5, 0.6) is 11.5 Å². The van der Waals surface area contributed by atoms with Crippen LogP contribution in [0.1, 0.15) is 49.1 Å². The predicted octanol–water partition coefficient (Wildman–Crippen LogP) is 13.8. The van der Waals surface area contributed by atoms with Crippen LogP contribution in [0.25, 0.3) is 31.3 Å². The normalized spacial score (nSPS) is 22.3. The zero-order valence-corrected chi connectivity index (χ0v) is 29.3. The minimum atomic E-state index is 0.523. The van der Waals surface area contributed by atoms with Crippen LogP contribution in [0, 0.1) is 30.6 Å². The van der Waals surface area contributed by atoms with Crippen LogP contribution in [0.15, 0.2) is 140 Å². The highest BCUT2D eigenvalue weighted by Gasteiger charge is 2.49. The molecule has 2 nitrogen and oxygen atoms in total. The molecule has 0 amide bonds. The standard InChI is InChI=1S/C47H41NOS/c1-30-11-5-7-19-44(30)49-45-22-21-38(29-43(45)42-28-34-24-31-23-33(34)26-35(42)25-31)48(36-13-3-2-4-14-36)37-15-9-12-32(27-37)39-17-10-18-41-40-16-6-8-20-46(40)50-47(39)41/h2-22,27,29,31,33-35,42H,23-26,28H2,1H3/t31-,33-,34?,35-,42?/m1/s1. The maximum Gasteiger partial charge on any atom is 0.131 e. The second-order valence-corrected chi connectivity index (χ2v) is 16.1. The Bertz CT molecular complexity index is 2360. The molecule has 2 unspecified atom stereocenters. The number of ether oxygens (including phenoxy) is 1. The van der Waals surface area contributed by atoms with Crippen molar-refractivity contribution < 1.29 is 4.74 Å². The Morgan fingerprint density at radius 3 is 2.18 bits per heavy atom. The van der Waals surface area contributed by atoms with E-state index in [2.05, 4.69) is 151 Å². The van der Waals surface area contributed by atoms with Gasteiger partial charge >= 0.3 is 0 Å². The van der Waals surface area contributed by atoms with Gasteiger partial charge in [0.15, 0.2) is 0 Å². The van der Waals surface area contributed by atoms with Crippen LogP contribution >= 0.6 is 11.3 Å². The number of hydrogen-bond acceptors (Lipinski definition) is 3. The Kier molecular flexibility index (Phi) is 7.31. The molecule has 3 aliphatic rings. The lowest BCUT2D eigenvalue weighted by atomic mass is 9.64. The number of hydrogen-bond donors (Lipinski definition) is 0. The van der Waals surface area contributed by atoms with Gasteiger partial charge in [-0.15, -0.1) is 11.3 Å². The molecule has 3 bridgehead atoms. The average Bonchev–Trinajstić information content (AvgIpc) is 3.63. The number of aryl methyl sites for hydroxylation is 1. The third-order valence-electron chi connectivity index (χ3n) is 12.1. The smallest absolute Gasteiger partial charge is 0.131 e. The number of rotatable bonds is 7. The molecule has 0 spiro atoms. The first kappa shape index (κ1) is 30.0. The van der Waals surface area contributed by atoms with Crippen LogP contribution in [0.3, 0.4) is 0 Å². The SMILES string of the molecule is Cc1ccccc1Oc1ccc(N(c2ccccc2)c2cccc(-c3cccc4c3sc3ccccc34)c2)cc1C1CC2C[C@H]3C[C@@H]2C[C@H]1C3. The molecular weight excluding hydrogens is 627 g/mol. The van der Waals surface area contributed by atoms with Gasteiger partial charge in [0.25, 0.3) is 0 Å². The van der Waals surface area contributed by atoms with E-state index in [9.17, 15) is 0 Å². The Morgan fingerprint density at radius 2 is 1.28 bits per heavy atom. The van der Waals surface area contributed by atoms with Crippen molar-refractivity contribution >= 4 is 48.6 Å². The number of fused-ring (bicyclic) bond motifs is 5. The van der Waals surface area contributed by atoms with Crippen molar-refractivity contribution in [1.82, 2.24) is 0 Å². The molecule has 0 N–H and O–H groups in total. The number of thiophene rings is 1. The van der Waals surface area contributed by atoms with Crippen LogP contribution in [-0.2, 0) is 0 Å². The summed E-state index contributed by atoms with van der Waals surface area (Å²) in [5.74, 6) is 5.95. The summed E-state index contributed by atoms with van der Waals surface area (Å²) in [5, 5.41) is 2.67. The van der Waals surface area contributed by atoms with Gasteiger partial charge in [0, 0.05) is 42.8 Å². The summed E-state index contributed by atoms with van der Waals surface area (Å²) in [4.78, 5) is 2.45. The highest BCUT2D eigenvalue weighted by atomic mass is 32.1. The molecule has 0 aliphatic heterocycles. The fourth-order valence-electron chi connectivity index (χ4n) is 9.91. The lowest BCUT2D eigenvalue weighted by Gasteiger charge is -2.41. The van der Waals surface area contributed by atoms with Crippen molar-refractivity contribution in [2.24, 2.45) is 23.7 Å². The molecule has 50 heavy (non-hydrogen) atoms. The van der Waals surface area contributed by atoms with Crippen LogP contribution < -0.4 is 9.64 Å². The molecule has 6 aromatic carbocycles. The Morgan fingerprint density at radius 1 is 0.560 bits per heavy atom. The van der Waals surface area contributed by atoms with E-state index < -0.39 is 0 Å². The summed E-state index contributed by atoms with van der Waals surface area (Å²) in [6.45, 7) is 2.15. The third-order valence-corrected chi connectivity index (χ3v) is 13.3. The van der Waals surface area contributed by atoms with Gasteiger partial charge in [-0.05, 0) is 140 Å². The second kappa shape index (κ2) is 12.2. The summed E-state index contributed by atoms with van der Waals surface area (Å²) in [6, 6.07) is 51.0. The minimum Gasteiger partial charge on any atom is -0.457 e. The van der Waals surface area contributed by atoms with Crippen LogP contribution in [-0.4, -0.2) is 0 Å². The lowest BCUT2D eigenvalue weighted by molar-refractivity contribution is 0.149. The lowest BCUT2D eigenvalue weighted by Crippen LogP contribution is -2.29. The van der Waals surface area contributed by atoms with Gasteiger partial charge in [0.1, 0.15) is 11.5 Å². The largest absolute Gasteiger partial charge is 0.457 e. The predicted molar refractivity (Wildman–Crippen MR) is 210 cm³/mol. The van der Waals surface area contributed by atoms with Gasteiger partial charge in [0.2, 0.25) is 0 Å². The minimum absolute atomic E-state index is 0.523. The maximum absolute atomic E-state index is 6.85. The van der Waals surface area contributed by atoms with Gasteiger partial charge in [-0.2, -0.15) is 0 Å². The van der Waals surface area contributed by atoms with Crippen molar-refractivity contribution in [2.45, 2.75) is 44.9 Å². The molecule has 1 heterocycles. The zero-order chi connectivity index (χ0) is 33.2. The Balaban J connectivity index is 1.11. The molecular formula is C47H41NOS. The van der Waals surface area contributed by atoms with Gasteiger partial charge in [0.05, 0.1) is 0 Å². The van der Waals surface area contributed by atoms with Crippen molar-refractivity contribution in [3.05, 3.63) is 151 Å². The molecule has 246 valence electrons. The fourth-order valence-corrected chi connectivity index (χ4v) is 11.1. The van der Waals surface area contributed by atoms with Gasteiger partial charge in [-0.1, -0.05) is 84.9 Å². The monoisotopic (exact) mass is 667 g/mol. The third kappa shape index (κ3) is 5.14. The molecule has 7 aromatic rings. The second-order valence-electron chi connectivity index (χ2n) is 15.0. The van der Waals surface area contributed by atoms with Gasteiger partial charge < -0.3 is 9.64 Å². The molecule has 3 aliphatic carbocycles. The number of nitrogens with zero attached hydrogens (tertiary/aromatic N) is 1. The average molecular weight is 668 g/mol. The molecule has 0 saturated heterocycles. The Labute approximate surface area is 299 Å². The van der Waals surface area contributed by atoms with E-state index in [0.717, 1.165) is 46.5 Å². The summed E-state index contributed by atoms with van der Waals surface area (Å²) in [7, 11) is 0. The van der Waals surface area contributed by atoms with Crippen molar-refractivity contribution in [1.29, 1.82) is 0 Å². The van der Waals surface area contributed by atoms with E-state index in [0.29, 0.717) is 5.92 Å². The first-order valence-electron chi connectivity index (χ1n) is 18.4. The number of benzene rings is 6. The summed E-state index contributed by atoms with van der Waals surface area (Å²) in [6.07, 6.45) is 6.95. The van der Waals surface area contributed by atoms with E-state index in [-0.39, 0.29) is 0 Å². The molecule has 3 fully saturated rings. The van der Waals surface area contributed by atoms with E-state index in [1.54, 1.807) is 0 Å². The van der Waals surface area contributed by atoms with Crippen molar-refractivity contribution in [3.63, 3.8) is 0 Å². The van der Waals surface area contributed by atoms with Crippen LogP contribution in [0.4, 0.5) is 17.1 Å².